The van der Waals surface area contributed by atoms with Gasteiger partial charge in [0, 0.05) is 12.3 Å². The summed E-state index contributed by atoms with van der Waals surface area (Å²) in [5, 5.41) is 7.26. The number of benzene rings is 1. The number of hydrogen-bond acceptors (Lipinski definition) is 3. The highest BCUT2D eigenvalue weighted by atomic mass is 19.1. The number of aromatic nitrogens is 1. The first kappa shape index (κ1) is 12.9. The Bertz CT molecular complexity index is 617. The molecular weight excluding hydrogens is 252 g/mol. The fourth-order valence-corrected chi connectivity index (χ4v) is 1.46. The molecule has 1 aromatic carbocycles. The maximum Gasteiger partial charge on any atom is 0.167 e. The summed E-state index contributed by atoms with van der Waals surface area (Å²) in [5.74, 6) is -1.62. The van der Waals surface area contributed by atoms with E-state index >= 15 is 0 Å². The Kier molecular flexibility index (Phi) is 3.70. The Morgan fingerprint density at radius 3 is 2.74 bits per heavy atom. The van der Waals surface area contributed by atoms with E-state index in [0.717, 1.165) is 12.1 Å². The number of halogens is 2. The van der Waals surface area contributed by atoms with Crippen molar-refractivity contribution in [2.24, 2.45) is 5.73 Å². The van der Waals surface area contributed by atoms with Crippen molar-refractivity contribution in [1.82, 2.24) is 4.98 Å². The fourth-order valence-electron chi connectivity index (χ4n) is 1.46. The maximum atomic E-state index is 13.3. The van der Waals surface area contributed by atoms with E-state index in [-0.39, 0.29) is 18.2 Å². The van der Waals surface area contributed by atoms with Gasteiger partial charge in [-0.3, -0.25) is 10.4 Å². The topological polar surface area (TPSA) is 72.0 Å². The molecule has 0 spiro atoms. The summed E-state index contributed by atoms with van der Waals surface area (Å²) >= 11 is 0. The van der Waals surface area contributed by atoms with Crippen LogP contribution in [0, 0.1) is 17.0 Å². The molecule has 2 rings (SSSR count). The second kappa shape index (κ2) is 5.43. The Balaban J connectivity index is 2.10. The second-order valence-electron chi connectivity index (χ2n) is 3.83. The molecule has 0 aliphatic rings. The lowest BCUT2D eigenvalue weighted by atomic mass is 10.2. The molecule has 4 nitrogen and oxygen atoms in total. The van der Waals surface area contributed by atoms with E-state index in [1.165, 1.54) is 12.3 Å². The summed E-state index contributed by atoms with van der Waals surface area (Å²) in [7, 11) is 0. The van der Waals surface area contributed by atoms with Crippen molar-refractivity contribution in [1.29, 1.82) is 5.41 Å². The molecule has 0 bridgehead atoms. The minimum atomic E-state index is -0.763. The molecule has 3 N–H and O–H groups in total. The Morgan fingerprint density at radius 2 is 2.05 bits per heavy atom. The van der Waals surface area contributed by atoms with E-state index in [4.69, 9.17) is 15.9 Å². The van der Waals surface area contributed by atoms with Crippen LogP contribution in [0.5, 0.6) is 5.75 Å². The standard InChI is InChI=1S/C13H11F2N3O/c14-9-1-2-12(10(15)6-9)19-7-8-3-4-18-11(5-8)13(16)17/h1-6H,7H2,(H3,16,17). The van der Waals surface area contributed by atoms with Gasteiger partial charge in [-0.1, -0.05) is 0 Å². The van der Waals surface area contributed by atoms with E-state index < -0.39 is 11.6 Å². The van der Waals surface area contributed by atoms with Crippen LogP contribution in [0.3, 0.4) is 0 Å². The zero-order valence-corrected chi connectivity index (χ0v) is 9.86. The molecule has 2 aromatic rings. The van der Waals surface area contributed by atoms with Gasteiger partial charge in [0.15, 0.2) is 11.6 Å². The molecule has 0 aliphatic heterocycles. The van der Waals surface area contributed by atoms with Crippen molar-refractivity contribution in [3.8, 4) is 5.75 Å². The summed E-state index contributed by atoms with van der Waals surface area (Å²) < 4.78 is 31.3. The molecule has 0 radical (unpaired) electrons. The van der Waals surface area contributed by atoms with Gasteiger partial charge in [-0.2, -0.15) is 0 Å². The van der Waals surface area contributed by atoms with E-state index in [1.54, 1.807) is 12.1 Å². The number of nitrogens with zero attached hydrogens (tertiary/aromatic N) is 1. The first-order valence-electron chi connectivity index (χ1n) is 5.43. The van der Waals surface area contributed by atoms with Crippen molar-refractivity contribution in [3.63, 3.8) is 0 Å². The van der Waals surface area contributed by atoms with E-state index in [2.05, 4.69) is 4.98 Å². The predicted octanol–water partition coefficient (Wildman–Crippen LogP) is 2.22. The lowest BCUT2D eigenvalue weighted by Crippen LogP contribution is -2.13. The molecule has 0 atom stereocenters. The average molecular weight is 263 g/mol. The molecule has 0 saturated carbocycles. The third-order valence-corrected chi connectivity index (χ3v) is 2.39. The minimum absolute atomic E-state index is 0.0393. The highest BCUT2D eigenvalue weighted by Crippen LogP contribution is 2.19. The molecule has 6 heteroatoms. The molecule has 0 fully saturated rings. The van der Waals surface area contributed by atoms with Gasteiger partial charge in [-0.25, -0.2) is 8.78 Å². The first-order chi connectivity index (χ1) is 9.06. The van der Waals surface area contributed by atoms with Crippen molar-refractivity contribution >= 4 is 5.84 Å². The summed E-state index contributed by atoms with van der Waals surface area (Å²) in [4.78, 5) is 3.89. The molecular formula is C13H11F2N3O. The van der Waals surface area contributed by atoms with Gasteiger partial charge in [-0.15, -0.1) is 0 Å². The Hall–Kier alpha value is -2.50. The monoisotopic (exact) mass is 263 g/mol. The van der Waals surface area contributed by atoms with Crippen LogP contribution in [-0.4, -0.2) is 10.8 Å². The number of hydrogen-bond donors (Lipinski definition) is 2. The Labute approximate surface area is 108 Å². The molecule has 98 valence electrons. The van der Waals surface area contributed by atoms with Crippen LogP contribution in [-0.2, 0) is 6.61 Å². The maximum absolute atomic E-state index is 13.3. The van der Waals surface area contributed by atoms with Gasteiger partial charge in [0.05, 0.1) is 0 Å². The van der Waals surface area contributed by atoms with Gasteiger partial charge in [0.1, 0.15) is 24.0 Å². The average Bonchev–Trinajstić information content (AvgIpc) is 2.38. The van der Waals surface area contributed by atoms with Gasteiger partial charge in [0.2, 0.25) is 0 Å². The molecule has 1 heterocycles. The first-order valence-corrected chi connectivity index (χ1v) is 5.43. The summed E-state index contributed by atoms with van der Waals surface area (Å²) in [5.41, 5.74) is 6.31. The zero-order chi connectivity index (χ0) is 13.8. The van der Waals surface area contributed by atoms with Crippen LogP contribution in [0.15, 0.2) is 36.5 Å². The minimum Gasteiger partial charge on any atom is -0.486 e. The summed E-state index contributed by atoms with van der Waals surface area (Å²) in [6, 6.07) is 6.32. The number of ether oxygens (including phenoxy) is 1. The normalized spacial score (nSPS) is 10.2. The highest BCUT2D eigenvalue weighted by molar-refractivity contribution is 5.93. The van der Waals surface area contributed by atoms with Gasteiger partial charge >= 0.3 is 0 Å². The lowest BCUT2D eigenvalue weighted by molar-refractivity contribution is 0.289. The number of pyridine rings is 1. The van der Waals surface area contributed by atoms with Gasteiger partial charge < -0.3 is 10.5 Å². The number of rotatable bonds is 4. The van der Waals surface area contributed by atoms with Crippen LogP contribution in [0.25, 0.3) is 0 Å². The van der Waals surface area contributed by atoms with Crippen LogP contribution in [0.1, 0.15) is 11.3 Å². The molecule has 0 amide bonds. The summed E-state index contributed by atoms with van der Waals surface area (Å²) in [6.07, 6.45) is 1.48. The van der Waals surface area contributed by atoms with Gasteiger partial charge in [0.25, 0.3) is 0 Å². The van der Waals surface area contributed by atoms with E-state index in [1.807, 2.05) is 0 Å². The second-order valence-corrected chi connectivity index (χ2v) is 3.83. The molecule has 0 aliphatic carbocycles. The van der Waals surface area contributed by atoms with Crippen molar-refractivity contribution < 1.29 is 13.5 Å². The Morgan fingerprint density at radius 1 is 1.26 bits per heavy atom. The fraction of sp³-hybridized carbons (Fsp3) is 0.0769. The van der Waals surface area contributed by atoms with Crippen molar-refractivity contribution in [2.45, 2.75) is 6.61 Å². The number of nitrogen functional groups attached to an aromatic ring is 1. The molecule has 0 unspecified atom stereocenters. The van der Waals surface area contributed by atoms with Crippen LogP contribution < -0.4 is 10.5 Å². The molecule has 1 aromatic heterocycles. The number of amidine groups is 1. The SMILES string of the molecule is N=C(N)c1cc(COc2ccc(F)cc2F)ccn1. The predicted molar refractivity (Wildman–Crippen MR) is 65.9 cm³/mol. The molecule has 0 saturated heterocycles. The number of nitrogens with two attached hydrogens (primary N) is 1. The summed E-state index contributed by atoms with van der Waals surface area (Å²) in [6.45, 7) is 0.0748. The number of nitrogens with one attached hydrogen (secondary N) is 1. The van der Waals surface area contributed by atoms with Crippen molar-refractivity contribution in [3.05, 3.63) is 59.4 Å². The van der Waals surface area contributed by atoms with E-state index in [0.29, 0.717) is 11.3 Å². The lowest BCUT2D eigenvalue weighted by Gasteiger charge is -2.08. The molecule has 19 heavy (non-hydrogen) atoms. The van der Waals surface area contributed by atoms with Gasteiger partial charge in [-0.05, 0) is 29.8 Å². The van der Waals surface area contributed by atoms with Crippen LogP contribution >= 0.6 is 0 Å². The van der Waals surface area contributed by atoms with E-state index in [9.17, 15) is 8.78 Å². The largest absolute Gasteiger partial charge is 0.486 e. The quantitative estimate of drug-likeness (QED) is 0.656. The smallest absolute Gasteiger partial charge is 0.167 e. The third-order valence-electron chi connectivity index (χ3n) is 2.39. The van der Waals surface area contributed by atoms with Crippen LogP contribution in [0.2, 0.25) is 0 Å². The third kappa shape index (κ3) is 3.25. The highest BCUT2D eigenvalue weighted by Gasteiger charge is 2.06. The zero-order valence-electron chi connectivity index (χ0n) is 9.86. The van der Waals surface area contributed by atoms with Crippen LogP contribution in [0.4, 0.5) is 8.78 Å². The van der Waals surface area contributed by atoms with Crippen molar-refractivity contribution in [2.75, 3.05) is 0 Å².